The Morgan fingerprint density at radius 1 is 1.44 bits per heavy atom. The fourth-order valence-electron chi connectivity index (χ4n) is 2.88. The third kappa shape index (κ3) is 3.74. The first-order valence-corrected chi connectivity index (χ1v) is 8.35. The van der Waals surface area contributed by atoms with E-state index in [2.05, 4.69) is 10.3 Å². The number of aromatic nitrogens is 2. The molecule has 0 spiro atoms. The van der Waals surface area contributed by atoms with Crippen LogP contribution in [0.4, 0.5) is 0 Å². The molecule has 25 heavy (non-hydrogen) atoms. The Morgan fingerprint density at radius 3 is 3.00 bits per heavy atom. The Kier molecular flexibility index (Phi) is 5.18. The van der Waals surface area contributed by atoms with Crippen molar-refractivity contribution in [3.8, 4) is 0 Å². The summed E-state index contributed by atoms with van der Waals surface area (Å²) in [7, 11) is 0. The maximum absolute atomic E-state index is 12.3. The molecule has 1 aliphatic rings. The zero-order valence-corrected chi connectivity index (χ0v) is 14.4. The summed E-state index contributed by atoms with van der Waals surface area (Å²) in [5.41, 5.74) is 0.340. The van der Waals surface area contributed by atoms with Crippen LogP contribution in [0, 0.1) is 0 Å². The molecule has 8 nitrogen and oxygen atoms in total. The van der Waals surface area contributed by atoms with Crippen molar-refractivity contribution in [2.45, 2.75) is 33.0 Å². The van der Waals surface area contributed by atoms with Crippen LogP contribution in [0.3, 0.4) is 0 Å². The Balaban J connectivity index is 1.67. The van der Waals surface area contributed by atoms with Gasteiger partial charge < -0.3 is 23.9 Å². The molecular weight excluding hydrogens is 324 g/mol. The quantitative estimate of drug-likeness (QED) is 0.853. The molecule has 8 heteroatoms. The number of ether oxygens (including phenoxy) is 1. The van der Waals surface area contributed by atoms with Crippen LogP contribution < -0.4 is 5.32 Å². The van der Waals surface area contributed by atoms with Crippen molar-refractivity contribution in [1.82, 2.24) is 19.8 Å². The summed E-state index contributed by atoms with van der Waals surface area (Å²) < 4.78 is 12.3. The molecule has 3 rings (SSSR count). The molecule has 1 aliphatic heterocycles. The second-order valence-corrected chi connectivity index (χ2v) is 5.84. The van der Waals surface area contributed by atoms with Gasteiger partial charge in [-0.25, -0.2) is 4.98 Å². The lowest BCUT2D eigenvalue weighted by atomic mass is 10.2. The first-order valence-electron chi connectivity index (χ1n) is 8.35. The van der Waals surface area contributed by atoms with Gasteiger partial charge in [0.15, 0.2) is 0 Å². The molecular formula is C17H22N4O4. The monoisotopic (exact) mass is 346 g/mol. The maximum atomic E-state index is 12.3. The molecule has 0 aromatic carbocycles. The van der Waals surface area contributed by atoms with Gasteiger partial charge in [-0.2, -0.15) is 0 Å². The number of fused-ring (bicyclic) bond motifs is 1. The highest BCUT2D eigenvalue weighted by molar-refractivity contribution is 5.92. The number of amides is 2. The SMILES string of the molecule is CCOCC(=O)N1CCn2cc(C(=O)NCc3ccco3)nc2[C@@H]1C. The average Bonchev–Trinajstić information content (AvgIpc) is 3.27. The lowest BCUT2D eigenvalue weighted by molar-refractivity contribution is -0.139. The normalized spacial score (nSPS) is 16.6. The van der Waals surface area contributed by atoms with Gasteiger partial charge in [0.25, 0.3) is 5.91 Å². The predicted molar refractivity (Wildman–Crippen MR) is 88.7 cm³/mol. The molecule has 2 aromatic rings. The number of carbonyl (C=O) groups is 2. The Labute approximate surface area is 145 Å². The van der Waals surface area contributed by atoms with Gasteiger partial charge in [0, 0.05) is 25.9 Å². The van der Waals surface area contributed by atoms with Gasteiger partial charge in [0.1, 0.15) is 23.9 Å². The maximum Gasteiger partial charge on any atom is 0.271 e. The lowest BCUT2D eigenvalue weighted by Gasteiger charge is -2.33. The number of imidazole rings is 1. The van der Waals surface area contributed by atoms with Crippen LogP contribution in [0.15, 0.2) is 29.0 Å². The average molecular weight is 346 g/mol. The molecule has 2 aromatic heterocycles. The molecule has 0 saturated carbocycles. The summed E-state index contributed by atoms with van der Waals surface area (Å²) in [6, 6.07) is 3.36. The zero-order chi connectivity index (χ0) is 17.8. The van der Waals surface area contributed by atoms with Crippen LogP contribution >= 0.6 is 0 Å². The molecule has 2 amide bonds. The van der Waals surface area contributed by atoms with Crippen LogP contribution in [0.1, 0.15) is 42.0 Å². The highest BCUT2D eigenvalue weighted by atomic mass is 16.5. The minimum absolute atomic E-state index is 0.0626. The minimum atomic E-state index is -0.266. The third-order valence-electron chi connectivity index (χ3n) is 4.22. The van der Waals surface area contributed by atoms with Crippen LogP contribution in [-0.4, -0.2) is 46.0 Å². The number of rotatable bonds is 6. The van der Waals surface area contributed by atoms with E-state index in [1.807, 2.05) is 18.4 Å². The third-order valence-corrected chi connectivity index (χ3v) is 4.22. The van der Waals surface area contributed by atoms with E-state index in [9.17, 15) is 9.59 Å². The molecule has 0 saturated heterocycles. The number of nitrogens with one attached hydrogen (secondary N) is 1. The number of furan rings is 1. The number of hydrogen-bond donors (Lipinski definition) is 1. The molecule has 0 unspecified atom stereocenters. The highest BCUT2D eigenvalue weighted by Crippen LogP contribution is 2.24. The van der Waals surface area contributed by atoms with E-state index in [1.54, 1.807) is 29.5 Å². The summed E-state index contributed by atoms with van der Waals surface area (Å²) in [6.07, 6.45) is 3.29. The summed E-state index contributed by atoms with van der Waals surface area (Å²) in [5.74, 6) is 1.06. The summed E-state index contributed by atoms with van der Waals surface area (Å²) in [5, 5.41) is 2.78. The van der Waals surface area contributed by atoms with Gasteiger partial charge in [-0.05, 0) is 26.0 Å². The van der Waals surface area contributed by atoms with E-state index >= 15 is 0 Å². The van der Waals surface area contributed by atoms with Crippen LogP contribution in [-0.2, 0) is 22.6 Å². The lowest BCUT2D eigenvalue weighted by Crippen LogP contribution is -2.42. The smallest absolute Gasteiger partial charge is 0.271 e. The van der Waals surface area contributed by atoms with E-state index in [0.29, 0.717) is 43.5 Å². The number of nitrogens with zero attached hydrogens (tertiary/aromatic N) is 3. The van der Waals surface area contributed by atoms with Gasteiger partial charge in [0.2, 0.25) is 5.91 Å². The fourth-order valence-corrected chi connectivity index (χ4v) is 2.88. The van der Waals surface area contributed by atoms with Gasteiger partial charge in [-0.15, -0.1) is 0 Å². The van der Waals surface area contributed by atoms with E-state index in [4.69, 9.17) is 9.15 Å². The topological polar surface area (TPSA) is 89.6 Å². The summed E-state index contributed by atoms with van der Waals surface area (Å²) in [6.45, 7) is 5.82. The first-order chi connectivity index (χ1) is 12.1. The highest BCUT2D eigenvalue weighted by Gasteiger charge is 2.30. The molecule has 0 aliphatic carbocycles. The van der Waals surface area contributed by atoms with Crippen molar-refractivity contribution in [2.75, 3.05) is 19.8 Å². The van der Waals surface area contributed by atoms with Gasteiger partial charge in [0.05, 0.1) is 18.8 Å². The Bertz CT molecular complexity index is 738. The summed E-state index contributed by atoms with van der Waals surface area (Å²) in [4.78, 5) is 30.7. The standard InChI is InChI=1S/C17H22N4O4/c1-3-24-11-15(22)21-7-6-20-10-14(19-16(20)12(21)2)17(23)18-9-13-5-4-8-25-13/h4-5,8,10,12H,3,6-7,9,11H2,1-2H3,(H,18,23)/t12-/m0/s1. The molecule has 0 bridgehead atoms. The van der Waals surface area contributed by atoms with Crippen molar-refractivity contribution in [3.05, 3.63) is 41.9 Å². The van der Waals surface area contributed by atoms with Gasteiger partial charge in [-0.3, -0.25) is 9.59 Å². The first kappa shape index (κ1) is 17.2. The van der Waals surface area contributed by atoms with E-state index in [0.717, 1.165) is 0 Å². The number of carbonyl (C=O) groups excluding carboxylic acids is 2. The Hall–Kier alpha value is -2.61. The van der Waals surface area contributed by atoms with Crippen molar-refractivity contribution in [1.29, 1.82) is 0 Å². The van der Waals surface area contributed by atoms with Crippen LogP contribution in [0.2, 0.25) is 0 Å². The van der Waals surface area contributed by atoms with Crippen molar-refractivity contribution in [2.24, 2.45) is 0 Å². The predicted octanol–water partition coefficient (Wildman–Crippen LogP) is 1.35. The molecule has 0 radical (unpaired) electrons. The second kappa shape index (κ2) is 7.52. The molecule has 134 valence electrons. The van der Waals surface area contributed by atoms with Crippen molar-refractivity contribution >= 4 is 11.8 Å². The minimum Gasteiger partial charge on any atom is -0.467 e. The zero-order valence-electron chi connectivity index (χ0n) is 14.4. The largest absolute Gasteiger partial charge is 0.467 e. The van der Waals surface area contributed by atoms with Gasteiger partial charge in [-0.1, -0.05) is 0 Å². The van der Waals surface area contributed by atoms with Crippen LogP contribution in [0.5, 0.6) is 0 Å². The molecule has 1 N–H and O–H groups in total. The van der Waals surface area contributed by atoms with E-state index < -0.39 is 0 Å². The molecule has 3 heterocycles. The van der Waals surface area contributed by atoms with E-state index in [-0.39, 0.29) is 24.5 Å². The van der Waals surface area contributed by atoms with E-state index in [1.165, 1.54) is 0 Å². The van der Waals surface area contributed by atoms with Crippen molar-refractivity contribution in [3.63, 3.8) is 0 Å². The van der Waals surface area contributed by atoms with Crippen molar-refractivity contribution < 1.29 is 18.7 Å². The fraction of sp³-hybridized carbons (Fsp3) is 0.471. The van der Waals surface area contributed by atoms with Gasteiger partial charge >= 0.3 is 0 Å². The Morgan fingerprint density at radius 2 is 2.28 bits per heavy atom. The number of hydrogen-bond acceptors (Lipinski definition) is 5. The molecule has 0 fully saturated rings. The van der Waals surface area contributed by atoms with Crippen LogP contribution in [0.25, 0.3) is 0 Å². The second-order valence-electron chi connectivity index (χ2n) is 5.84. The molecule has 1 atom stereocenters. The summed E-state index contributed by atoms with van der Waals surface area (Å²) >= 11 is 0.